The first-order valence-corrected chi connectivity index (χ1v) is 6.97. The fraction of sp³-hybridized carbons (Fsp3) is 0.500. The van der Waals surface area contributed by atoms with Crippen molar-refractivity contribution in [3.63, 3.8) is 0 Å². The molecule has 2 aliphatic heterocycles. The highest BCUT2D eigenvalue weighted by Gasteiger charge is 2.21. The van der Waals surface area contributed by atoms with Crippen LogP contribution in [-0.2, 0) is 11.2 Å². The van der Waals surface area contributed by atoms with E-state index in [1.54, 1.807) is 6.07 Å². The molecule has 1 aromatic rings. The van der Waals surface area contributed by atoms with Gasteiger partial charge in [0.1, 0.15) is 13.2 Å². The van der Waals surface area contributed by atoms with Crippen LogP contribution >= 0.6 is 11.6 Å². The molecule has 0 radical (unpaired) electrons. The number of rotatable bonds is 2. The van der Waals surface area contributed by atoms with Gasteiger partial charge < -0.3 is 14.4 Å². The molecule has 1 amide bonds. The Balaban J connectivity index is 1.77. The van der Waals surface area contributed by atoms with Gasteiger partial charge in [0.05, 0.1) is 11.4 Å². The van der Waals surface area contributed by atoms with Crippen molar-refractivity contribution in [2.24, 2.45) is 0 Å². The molecule has 0 aromatic heterocycles. The van der Waals surface area contributed by atoms with Gasteiger partial charge in [-0.15, -0.1) is 0 Å². The summed E-state index contributed by atoms with van der Waals surface area (Å²) in [5, 5.41) is 0.515. The van der Waals surface area contributed by atoms with Gasteiger partial charge in [-0.1, -0.05) is 11.6 Å². The number of hydrogen-bond donors (Lipinski definition) is 0. The number of halogens is 1. The Morgan fingerprint density at radius 1 is 1.21 bits per heavy atom. The summed E-state index contributed by atoms with van der Waals surface area (Å²) in [5.74, 6) is 1.39. The summed E-state index contributed by atoms with van der Waals surface area (Å²) in [4.78, 5) is 14.0. The van der Waals surface area contributed by atoms with Crippen LogP contribution in [0.1, 0.15) is 18.4 Å². The summed E-state index contributed by atoms with van der Waals surface area (Å²) < 4.78 is 11.0. The van der Waals surface area contributed by atoms with Crippen LogP contribution < -0.4 is 9.47 Å². The van der Waals surface area contributed by atoms with Crippen LogP contribution in [0, 0.1) is 0 Å². The number of carbonyl (C=O) groups is 1. The second-order valence-electron chi connectivity index (χ2n) is 4.87. The molecule has 2 heterocycles. The van der Waals surface area contributed by atoms with Gasteiger partial charge in [-0.05, 0) is 30.5 Å². The summed E-state index contributed by atoms with van der Waals surface area (Å²) in [6, 6.07) is 3.65. The van der Waals surface area contributed by atoms with Gasteiger partial charge in [0, 0.05) is 13.1 Å². The van der Waals surface area contributed by atoms with Crippen molar-refractivity contribution in [1.29, 1.82) is 0 Å². The van der Waals surface area contributed by atoms with E-state index in [0.717, 1.165) is 31.5 Å². The van der Waals surface area contributed by atoms with Crippen LogP contribution in [0.2, 0.25) is 5.02 Å². The first-order valence-electron chi connectivity index (χ1n) is 6.60. The average Bonchev–Trinajstić information content (AvgIpc) is 2.93. The molecule has 102 valence electrons. The molecule has 0 atom stereocenters. The molecule has 0 saturated carbocycles. The second kappa shape index (κ2) is 5.29. The van der Waals surface area contributed by atoms with Gasteiger partial charge in [0.2, 0.25) is 5.91 Å². The normalized spacial score (nSPS) is 17.6. The predicted octanol–water partition coefficient (Wildman–Crippen LogP) is 2.28. The fourth-order valence-corrected chi connectivity index (χ4v) is 2.81. The quantitative estimate of drug-likeness (QED) is 0.835. The Hall–Kier alpha value is -1.42. The molecule has 0 N–H and O–H groups in total. The Morgan fingerprint density at radius 2 is 1.95 bits per heavy atom. The lowest BCUT2D eigenvalue weighted by Crippen LogP contribution is -2.29. The Bertz CT molecular complexity index is 498. The molecule has 0 spiro atoms. The largest absolute Gasteiger partial charge is 0.486 e. The minimum Gasteiger partial charge on any atom is -0.486 e. The molecule has 2 aliphatic rings. The van der Waals surface area contributed by atoms with E-state index in [-0.39, 0.29) is 5.91 Å². The number of fused-ring (bicyclic) bond motifs is 1. The lowest BCUT2D eigenvalue weighted by molar-refractivity contribution is -0.129. The van der Waals surface area contributed by atoms with Crippen molar-refractivity contribution in [2.45, 2.75) is 19.3 Å². The van der Waals surface area contributed by atoms with E-state index in [4.69, 9.17) is 21.1 Å². The summed E-state index contributed by atoms with van der Waals surface area (Å²) in [7, 11) is 0. The van der Waals surface area contributed by atoms with E-state index < -0.39 is 0 Å². The molecule has 1 fully saturated rings. The third kappa shape index (κ3) is 2.63. The second-order valence-corrected chi connectivity index (χ2v) is 5.27. The molecular formula is C14H16ClNO3. The molecule has 3 rings (SSSR count). The topological polar surface area (TPSA) is 38.8 Å². The lowest BCUT2D eigenvalue weighted by Gasteiger charge is -2.21. The first-order chi connectivity index (χ1) is 9.24. The van der Waals surface area contributed by atoms with Crippen LogP contribution in [0.5, 0.6) is 11.5 Å². The molecule has 1 aromatic carbocycles. The van der Waals surface area contributed by atoms with E-state index in [9.17, 15) is 4.79 Å². The van der Waals surface area contributed by atoms with Crippen molar-refractivity contribution in [3.05, 3.63) is 22.7 Å². The molecule has 1 saturated heterocycles. The lowest BCUT2D eigenvalue weighted by atomic mass is 10.1. The van der Waals surface area contributed by atoms with Crippen LogP contribution in [0.15, 0.2) is 12.1 Å². The monoisotopic (exact) mass is 281 g/mol. The number of likely N-dealkylation sites (tertiary alicyclic amines) is 1. The number of ether oxygens (including phenoxy) is 2. The van der Waals surface area contributed by atoms with E-state index in [2.05, 4.69) is 0 Å². The number of benzene rings is 1. The maximum Gasteiger partial charge on any atom is 0.226 e. The molecule has 0 aliphatic carbocycles. The van der Waals surface area contributed by atoms with Gasteiger partial charge in [0.15, 0.2) is 11.5 Å². The number of amides is 1. The van der Waals surface area contributed by atoms with Crippen molar-refractivity contribution < 1.29 is 14.3 Å². The zero-order valence-corrected chi connectivity index (χ0v) is 11.4. The van der Waals surface area contributed by atoms with Gasteiger partial charge in [-0.3, -0.25) is 4.79 Å². The highest BCUT2D eigenvalue weighted by Crippen LogP contribution is 2.38. The standard InChI is InChI=1S/C14H16ClNO3/c15-11-7-10(8-12-14(11)19-6-5-18-12)9-13(17)16-3-1-2-4-16/h7-8H,1-6,9H2. The van der Waals surface area contributed by atoms with Crippen molar-refractivity contribution in [1.82, 2.24) is 4.90 Å². The zero-order valence-electron chi connectivity index (χ0n) is 10.7. The fourth-order valence-electron chi connectivity index (χ4n) is 2.52. The van der Waals surface area contributed by atoms with Gasteiger partial charge in [0.25, 0.3) is 0 Å². The van der Waals surface area contributed by atoms with Gasteiger partial charge in [-0.25, -0.2) is 0 Å². The Kier molecular flexibility index (Phi) is 3.51. The van der Waals surface area contributed by atoms with Crippen molar-refractivity contribution >= 4 is 17.5 Å². The van der Waals surface area contributed by atoms with Gasteiger partial charge in [-0.2, -0.15) is 0 Å². The van der Waals surface area contributed by atoms with Crippen LogP contribution in [-0.4, -0.2) is 37.1 Å². The predicted molar refractivity (Wildman–Crippen MR) is 72.0 cm³/mol. The summed E-state index contributed by atoms with van der Waals surface area (Å²) in [5.41, 5.74) is 0.881. The minimum absolute atomic E-state index is 0.158. The molecule has 0 unspecified atom stereocenters. The van der Waals surface area contributed by atoms with Crippen LogP contribution in [0.3, 0.4) is 0 Å². The van der Waals surface area contributed by atoms with Gasteiger partial charge >= 0.3 is 0 Å². The summed E-state index contributed by atoms with van der Waals surface area (Å²) in [6.07, 6.45) is 2.58. The number of hydrogen-bond acceptors (Lipinski definition) is 3. The van der Waals surface area contributed by atoms with Crippen LogP contribution in [0.4, 0.5) is 0 Å². The van der Waals surface area contributed by atoms with Crippen molar-refractivity contribution in [3.8, 4) is 11.5 Å². The van der Waals surface area contributed by atoms with Crippen molar-refractivity contribution in [2.75, 3.05) is 26.3 Å². The number of carbonyl (C=O) groups excluding carboxylic acids is 1. The van der Waals surface area contributed by atoms with E-state index in [1.807, 2.05) is 11.0 Å². The van der Waals surface area contributed by atoms with E-state index in [0.29, 0.717) is 36.2 Å². The van der Waals surface area contributed by atoms with E-state index >= 15 is 0 Å². The zero-order chi connectivity index (χ0) is 13.2. The third-order valence-electron chi connectivity index (χ3n) is 3.47. The molecule has 5 heteroatoms. The SMILES string of the molecule is O=C(Cc1cc(Cl)c2c(c1)OCCO2)N1CCCC1. The van der Waals surface area contributed by atoms with E-state index in [1.165, 1.54) is 0 Å². The highest BCUT2D eigenvalue weighted by molar-refractivity contribution is 6.32. The molecule has 0 bridgehead atoms. The summed E-state index contributed by atoms with van der Waals surface area (Å²) in [6.45, 7) is 2.78. The maximum absolute atomic E-state index is 12.1. The maximum atomic E-state index is 12.1. The molecular weight excluding hydrogens is 266 g/mol. The third-order valence-corrected chi connectivity index (χ3v) is 3.75. The number of nitrogens with zero attached hydrogens (tertiary/aromatic N) is 1. The Morgan fingerprint density at radius 3 is 2.74 bits per heavy atom. The average molecular weight is 282 g/mol. The smallest absolute Gasteiger partial charge is 0.226 e. The first kappa shape index (κ1) is 12.6. The summed E-state index contributed by atoms with van der Waals surface area (Å²) >= 11 is 6.16. The highest BCUT2D eigenvalue weighted by atomic mass is 35.5. The molecule has 4 nitrogen and oxygen atoms in total. The molecule has 19 heavy (non-hydrogen) atoms. The minimum atomic E-state index is 0.158. The Labute approximate surface area is 117 Å². The van der Waals surface area contributed by atoms with Crippen LogP contribution in [0.25, 0.3) is 0 Å².